The highest BCUT2D eigenvalue weighted by Gasteiger charge is 1.99. The van der Waals surface area contributed by atoms with Crippen LogP contribution in [-0.4, -0.2) is 13.0 Å². The molecule has 2 rings (SSSR count). The zero-order valence-corrected chi connectivity index (χ0v) is 10.7. The van der Waals surface area contributed by atoms with Gasteiger partial charge in [0.2, 0.25) is 5.91 Å². The Balaban J connectivity index is 2.20. The minimum absolute atomic E-state index is 0.416. The van der Waals surface area contributed by atoms with Crippen molar-refractivity contribution in [2.24, 2.45) is 5.73 Å². The topological polar surface area (TPSA) is 52.3 Å². The molecule has 0 aliphatic carbocycles. The van der Waals surface area contributed by atoms with Gasteiger partial charge in [0.05, 0.1) is 7.11 Å². The molecule has 0 saturated heterocycles. The minimum Gasteiger partial charge on any atom is -0.496 e. The molecule has 1 amide bonds. The molecule has 2 aromatic carbocycles. The van der Waals surface area contributed by atoms with E-state index in [-0.39, 0.29) is 0 Å². The summed E-state index contributed by atoms with van der Waals surface area (Å²) in [6.45, 7) is 0. The second kappa shape index (κ2) is 5.87. The van der Waals surface area contributed by atoms with Crippen molar-refractivity contribution in [1.82, 2.24) is 0 Å². The highest BCUT2D eigenvalue weighted by atomic mass is 16.5. The summed E-state index contributed by atoms with van der Waals surface area (Å²) in [5, 5.41) is 0. The van der Waals surface area contributed by atoms with Crippen LogP contribution in [0.25, 0.3) is 12.2 Å². The number of nitrogens with two attached hydrogens (primary N) is 1. The van der Waals surface area contributed by atoms with Crippen molar-refractivity contribution in [1.29, 1.82) is 0 Å². The molecule has 0 spiro atoms. The summed E-state index contributed by atoms with van der Waals surface area (Å²) >= 11 is 0. The van der Waals surface area contributed by atoms with Gasteiger partial charge < -0.3 is 10.5 Å². The van der Waals surface area contributed by atoms with Crippen molar-refractivity contribution in [2.45, 2.75) is 0 Å². The standard InChI is InChI=1S/C16H15NO2/c1-19-15-5-3-2-4-13(15)9-6-12-7-10-14(11-8-12)16(17)18/h2-11H,1H3,(H2,17,18)/b9-6+. The van der Waals surface area contributed by atoms with Crippen LogP contribution in [0.2, 0.25) is 0 Å². The number of benzene rings is 2. The van der Waals surface area contributed by atoms with Gasteiger partial charge in [-0.15, -0.1) is 0 Å². The molecule has 0 atom stereocenters. The number of methoxy groups -OCH3 is 1. The number of carbonyl (C=O) groups is 1. The normalized spacial score (nSPS) is 10.6. The second-order valence-electron chi connectivity index (χ2n) is 4.06. The van der Waals surface area contributed by atoms with E-state index in [4.69, 9.17) is 10.5 Å². The van der Waals surface area contributed by atoms with Gasteiger partial charge in [0.1, 0.15) is 5.75 Å². The molecular weight excluding hydrogens is 238 g/mol. The Hall–Kier alpha value is -2.55. The number of hydrogen-bond donors (Lipinski definition) is 1. The van der Waals surface area contributed by atoms with Crippen molar-refractivity contribution in [2.75, 3.05) is 7.11 Å². The molecule has 0 aliphatic heterocycles. The van der Waals surface area contributed by atoms with Gasteiger partial charge in [0, 0.05) is 11.1 Å². The van der Waals surface area contributed by atoms with Gasteiger partial charge in [-0.25, -0.2) is 0 Å². The van der Waals surface area contributed by atoms with E-state index in [1.807, 2.05) is 48.6 Å². The lowest BCUT2D eigenvalue weighted by atomic mass is 10.1. The number of primary amides is 1. The Morgan fingerprint density at radius 3 is 2.37 bits per heavy atom. The van der Waals surface area contributed by atoms with Crippen molar-refractivity contribution < 1.29 is 9.53 Å². The number of para-hydroxylation sites is 1. The third kappa shape index (κ3) is 3.22. The van der Waals surface area contributed by atoms with Gasteiger partial charge in [0.25, 0.3) is 0 Å². The Bertz CT molecular complexity index is 600. The lowest BCUT2D eigenvalue weighted by molar-refractivity contribution is 0.100. The molecule has 0 saturated carbocycles. The van der Waals surface area contributed by atoms with E-state index in [9.17, 15) is 4.79 Å². The largest absolute Gasteiger partial charge is 0.496 e. The van der Waals surface area contributed by atoms with E-state index in [0.717, 1.165) is 16.9 Å². The van der Waals surface area contributed by atoms with E-state index in [0.29, 0.717) is 5.56 Å². The van der Waals surface area contributed by atoms with Crippen LogP contribution in [0.3, 0.4) is 0 Å². The molecule has 2 N–H and O–H groups in total. The number of amides is 1. The zero-order valence-electron chi connectivity index (χ0n) is 10.7. The van der Waals surface area contributed by atoms with Crippen LogP contribution in [0.15, 0.2) is 48.5 Å². The summed E-state index contributed by atoms with van der Waals surface area (Å²) < 4.78 is 5.27. The summed E-state index contributed by atoms with van der Waals surface area (Å²) in [6.07, 6.45) is 3.93. The summed E-state index contributed by atoms with van der Waals surface area (Å²) in [7, 11) is 1.65. The van der Waals surface area contributed by atoms with E-state index >= 15 is 0 Å². The summed E-state index contributed by atoms with van der Waals surface area (Å²) in [4.78, 5) is 11.0. The fourth-order valence-electron chi connectivity index (χ4n) is 1.75. The first-order valence-corrected chi connectivity index (χ1v) is 5.91. The molecule has 19 heavy (non-hydrogen) atoms. The fourth-order valence-corrected chi connectivity index (χ4v) is 1.75. The molecule has 0 fully saturated rings. The van der Waals surface area contributed by atoms with E-state index in [2.05, 4.69) is 0 Å². The molecule has 0 aromatic heterocycles. The highest BCUT2D eigenvalue weighted by molar-refractivity contribution is 5.93. The number of carbonyl (C=O) groups excluding carboxylic acids is 1. The first-order chi connectivity index (χ1) is 9.20. The van der Waals surface area contributed by atoms with Crippen molar-refractivity contribution in [3.8, 4) is 5.75 Å². The Morgan fingerprint density at radius 2 is 1.74 bits per heavy atom. The molecule has 3 nitrogen and oxygen atoms in total. The summed E-state index contributed by atoms with van der Waals surface area (Å²) in [5.41, 5.74) is 7.70. The van der Waals surface area contributed by atoms with Gasteiger partial charge in [0.15, 0.2) is 0 Å². The van der Waals surface area contributed by atoms with Crippen LogP contribution < -0.4 is 10.5 Å². The highest BCUT2D eigenvalue weighted by Crippen LogP contribution is 2.20. The average Bonchev–Trinajstić information content (AvgIpc) is 2.45. The predicted octanol–water partition coefficient (Wildman–Crippen LogP) is 2.96. The number of ether oxygens (including phenoxy) is 1. The van der Waals surface area contributed by atoms with Crippen molar-refractivity contribution in [3.63, 3.8) is 0 Å². The van der Waals surface area contributed by atoms with Gasteiger partial charge in [-0.2, -0.15) is 0 Å². The quantitative estimate of drug-likeness (QED) is 0.852. The Kier molecular flexibility index (Phi) is 3.98. The van der Waals surface area contributed by atoms with Crippen LogP contribution in [0.1, 0.15) is 21.5 Å². The molecule has 0 radical (unpaired) electrons. The molecule has 2 aromatic rings. The Morgan fingerprint density at radius 1 is 1.05 bits per heavy atom. The molecule has 0 aliphatic rings. The first-order valence-electron chi connectivity index (χ1n) is 5.91. The zero-order chi connectivity index (χ0) is 13.7. The van der Waals surface area contributed by atoms with Crippen LogP contribution in [-0.2, 0) is 0 Å². The second-order valence-corrected chi connectivity index (χ2v) is 4.06. The molecule has 96 valence electrons. The number of hydrogen-bond acceptors (Lipinski definition) is 2. The predicted molar refractivity (Wildman–Crippen MR) is 76.9 cm³/mol. The van der Waals surface area contributed by atoms with E-state index < -0.39 is 5.91 Å². The van der Waals surface area contributed by atoms with Crippen LogP contribution in [0, 0.1) is 0 Å². The minimum atomic E-state index is -0.416. The fraction of sp³-hybridized carbons (Fsp3) is 0.0625. The van der Waals surface area contributed by atoms with Gasteiger partial charge in [-0.05, 0) is 23.8 Å². The lowest BCUT2D eigenvalue weighted by Crippen LogP contribution is -2.10. The average molecular weight is 253 g/mol. The Labute approximate surface area is 112 Å². The molecule has 0 bridgehead atoms. The summed E-state index contributed by atoms with van der Waals surface area (Å²) in [6, 6.07) is 14.9. The van der Waals surface area contributed by atoms with Crippen LogP contribution in [0.4, 0.5) is 0 Å². The monoisotopic (exact) mass is 253 g/mol. The van der Waals surface area contributed by atoms with E-state index in [1.165, 1.54) is 0 Å². The van der Waals surface area contributed by atoms with Gasteiger partial charge in [-0.3, -0.25) is 4.79 Å². The van der Waals surface area contributed by atoms with Crippen molar-refractivity contribution in [3.05, 3.63) is 65.2 Å². The van der Waals surface area contributed by atoms with Crippen LogP contribution >= 0.6 is 0 Å². The SMILES string of the molecule is COc1ccccc1/C=C/c1ccc(C(N)=O)cc1. The lowest BCUT2D eigenvalue weighted by Gasteiger charge is -2.03. The molecule has 0 heterocycles. The first kappa shape index (κ1) is 12.9. The maximum atomic E-state index is 11.0. The molecule has 0 unspecified atom stereocenters. The van der Waals surface area contributed by atoms with Gasteiger partial charge >= 0.3 is 0 Å². The third-order valence-corrected chi connectivity index (χ3v) is 2.79. The van der Waals surface area contributed by atoms with Gasteiger partial charge in [-0.1, -0.05) is 42.5 Å². The molecular formula is C16H15NO2. The molecule has 3 heteroatoms. The smallest absolute Gasteiger partial charge is 0.248 e. The maximum Gasteiger partial charge on any atom is 0.248 e. The maximum absolute atomic E-state index is 11.0. The van der Waals surface area contributed by atoms with Crippen LogP contribution in [0.5, 0.6) is 5.75 Å². The van der Waals surface area contributed by atoms with Crippen molar-refractivity contribution >= 4 is 18.1 Å². The number of rotatable bonds is 4. The summed E-state index contributed by atoms with van der Waals surface area (Å²) in [5.74, 6) is 0.410. The third-order valence-electron chi connectivity index (χ3n) is 2.79. The van der Waals surface area contributed by atoms with E-state index in [1.54, 1.807) is 19.2 Å².